The van der Waals surface area contributed by atoms with Gasteiger partial charge in [0, 0.05) is 46.7 Å². The summed E-state index contributed by atoms with van der Waals surface area (Å²) in [6, 6.07) is 7.54. The highest BCUT2D eigenvalue weighted by atomic mass is 19.1. The molecule has 6 nitrogen and oxygen atoms in total. The molecule has 0 spiro atoms. The molecule has 1 N–H and O–H groups in total. The van der Waals surface area contributed by atoms with E-state index in [1.54, 1.807) is 35.1 Å². The maximum absolute atomic E-state index is 13.4. The van der Waals surface area contributed by atoms with Crippen LogP contribution in [-0.2, 0) is 13.5 Å². The van der Waals surface area contributed by atoms with Crippen molar-refractivity contribution < 1.29 is 8.50 Å². The average molecular weight is 339 g/mol. The van der Waals surface area contributed by atoms with E-state index in [9.17, 15) is 4.39 Å². The van der Waals surface area contributed by atoms with Gasteiger partial charge in [0.25, 0.3) is 0 Å². The predicted molar refractivity (Wildman–Crippen MR) is 93.3 cm³/mol. The third kappa shape index (κ3) is 2.78. The number of nitrogens with zero attached hydrogens (tertiary/aromatic N) is 5. The smallest absolute Gasteiger partial charge is 0.161 e. The molecule has 3 heterocycles. The molecule has 25 heavy (non-hydrogen) atoms. The van der Waals surface area contributed by atoms with Crippen molar-refractivity contribution in [3.8, 4) is 22.4 Å². The molecule has 0 bridgehead atoms. The Morgan fingerprint density at radius 1 is 1.16 bits per heavy atom. The number of rotatable bonds is 4. The van der Waals surface area contributed by atoms with Crippen molar-refractivity contribution in [2.45, 2.75) is 6.54 Å². The van der Waals surface area contributed by atoms with Crippen LogP contribution in [0.2, 0.25) is 0 Å². The highest BCUT2D eigenvalue weighted by Crippen LogP contribution is 2.32. The zero-order valence-electron chi connectivity index (χ0n) is 16.4. The van der Waals surface area contributed by atoms with Crippen LogP contribution in [0.25, 0.3) is 28.0 Å². The second-order valence-electron chi connectivity index (χ2n) is 5.62. The number of imidazole rings is 1. The van der Waals surface area contributed by atoms with E-state index in [1.165, 1.54) is 18.3 Å². The standard InChI is InChI=1S/C18H17FN6/c1-20-9-14-10-25-18(22-14)15(7-8-21-25)16-11-24(2)23-17(16)12-3-5-13(19)6-4-12/h3-8,10-11,20H,9H2,1-2H3/i2D3. The van der Waals surface area contributed by atoms with Crippen LogP contribution >= 0.6 is 0 Å². The fraction of sp³-hybridized carbons (Fsp3) is 0.167. The zero-order chi connectivity index (χ0) is 19.9. The molecular weight excluding hydrogens is 319 g/mol. The molecule has 4 aromatic rings. The second-order valence-corrected chi connectivity index (χ2v) is 5.62. The Morgan fingerprint density at radius 3 is 2.76 bits per heavy atom. The largest absolute Gasteiger partial charge is 0.314 e. The summed E-state index contributed by atoms with van der Waals surface area (Å²) in [5.74, 6) is -0.378. The summed E-state index contributed by atoms with van der Waals surface area (Å²) < 4.78 is 39.0. The van der Waals surface area contributed by atoms with E-state index in [2.05, 4.69) is 20.5 Å². The minimum atomic E-state index is -2.44. The summed E-state index contributed by atoms with van der Waals surface area (Å²) in [7, 11) is 1.82. The van der Waals surface area contributed by atoms with E-state index in [1.807, 2.05) is 7.05 Å². The van der Waals surface area contributed by atoms with E-state index < -0.39 is 6.98 Å². The minimum absolute atomic E-state index is 0.378. The molecule has 0 saturated carbocycles. The molecule has 4 rings (SSSR count). The topological polar surface area (TPSA) is 60.0 Å². The molecule has 0 aliphatic rings. The maximum Gasteiger partial charge on any atom is 0.161 e. The molecule has 0 fully saturated rings. The van der Waals surface area contributed by atoms with Gasteiger partial charge in [-0.05, 0) is 37.4 Å². The Labute approximate surface area is 148 Å². The van der Waals surface area contributed by atoms with Gasteiger partial charge in [0.2, 0.25) is 0 Å². The maximum atomic E-state index is 13.4. The molecule has 0 unspecified atom stereocenters. The first-order valence-corrected chi connectivity index (χ1v) is 7.71. The number of aromatic nitrogens is 5. The summed E-state index contributed by atoms with van der Waals surface area (Å²) in [5.41, 5.74) is 3.69. The van der Waals surface area contributed by atoms with Crippen LogP contribution in [0.1, 0.15) is 9.81 Å². The fourth-order valence-electron chi connectivity index (χ4n) is 2.81. The molecule has 0 saturated heterocycles. The third-order valence-corrected chi connectivity index (χ3v) is 3.89. The van der Waals surface area contributed by atoms with Crippen LogP contribution in [0, 0.1) is 5.82 Å². The molecule has 7 heteroatoms. The van der Waals surface area contributed by atoms with Crippen LogP contribution in [0.4, 0.5) is 4.39 Å². The van der Waals surface area contributed by atoms with Gasteiger partial charge < -0.3 is 5.32 Å². The van der Waals surface area contributed by atoms with Crippen molar-refractivity contribution in [1.29, 1.82) is 0 Å². The van der Waals surface area contributed by atoms with E-state index in [0.29, 0.717) is 34.6 Å². The summed E-state index contributed by atoms with van der Waals surface area (Å²) >= 11 is 0. The molecule has 0 amide bonds. The first-order valence-electron chi connectivity index (χ1n) is 9.21. The number of benzene rings is 1. The van der Waals surface area contributed by atoms with Gasteiger partial charge in [-0.1, -0.05) is 0 Å². The van der Waals surface area contributed by atoms with Gasteiger partial charge in [0.05, 0.1) is 11.9 Å². The lowest BCUT2D eigenvalue weighted by molar-refractivity contribution is 0.628. The van der Waals surface area contributed by atoms with Gasteiger partial charge in [0.1, 0.15) is 11.5 Å². The lowest BCUT2D eigenvalue weighted by Gasteiger charge is -2.04. The Morgan fingerprint density at radius 2 is 2.00 bits per heavy atom. The number of aryl methyl sites for hydroxylation is 1. The summed E-state index contributed by atoms with van der Waals surface area (Å²) in [6.07, 6.45) is 4.89. The second kappa shape index (κ2) is 6.10. The lowest BCUT2D eigenvalue weighted by Crippen LogP contribution is -2.04. The fourth-order valence-corrected chi connectivity index (χ4v) is 2.81. The molecule has 0 radical (unpaired) electrons. The first kappa shape index (κ1) is 12.3. The van der Waals surface area contributed by atoms with Gasteiger partial charge in [0.15, 0.2) is 5.65 Å². The normalized spacial score (nSPS) is 13.6. The number of halogens is 1. The highest BCUT2D eigenvalue weighted by Gasteiger charge is 2.16. The summed E-state index contributed by atoms with van der Waals surface area (Å²) in [6.45, 7) is -1.87. The van der Waals surface area contributed by atoms with Crippen molar-refractivity contribution >= 4 is 5.65 Å². The molecule has 0 aliphatic carbocycles. The molecule has 3 aromatic heterocycles. The van der Waals surface area contributed by atoms with Crippen LogP contribution < -0.4 is 5.32 Å². The van der Waals surface area contributed by atoms with E-state index in [-0.39, 0.29) is 5.82 Å². The molecular formula is C18H17FN6. The monoisotopic (exact) mass is 339 g/mol. The molecule has 126 valence electrons. The van der Waals surface area contributed by atoms with Crippen LogP contribution in [-0.4, -0.2) is 31.4 Å². The van der Waals surface area contributed by atoms with Gasteiger partial charge >= 0.3 is 0 Å². The summed E-state index contributed by atoms with van der Waals surface area (Å²) in [4.78, 5) is 4.60. The summed E-state index contributed by atoms with van der Waals surface area (Å²) in [5, 5.41) is 11.6. The lowest BCUT2D eigenvalue weighted by atomic mass is 10.0. The van der Waals surface area contributed by atoms with Gasteiger partial charge in [-0.15, -0.1) is 0 Å². The SMILES string of the molecule is [2H]C([2H])([2H])n1cc(-c2ccnn3cc(CNC)nc23)c(-c2ccc(F)cc2)n1. The quantitative estimate of drug-likeness (QED) is 0.621. The van der Waals surface area contributed by atoms with Crippen LogP contribution in [0.15, 0.2) is 48.9 Å². The predicted octanol–water partition coefficient (Wildman–Crippen LogP) is 2.66. The average Bonchev–Trinajstić information content (AvgIpc) is 3.26. The van der Waals surface area contributed by atoms with E-state index in [0.717, 1.165) is 10.4 Å². The molecule has 0 aliphatic heterocycles. The Balaban J connectivity index is 1.95. The highest BCUT2D eigenvalue weighted by molar-refractivity contribution is 5.87. The van der Waals surface area contributed by atoms with Crippen molar-refractivity contribution in [1.82, 2.24) is 29.7 Å². The number of nitrogens with one attached hydrogen (secondary N) is 1. The zero-order valence-corrected chi connectivity index (χ0v) is 13.4. The number of fused-ring (bicyclic) bond motifs is 1. The number of hydrogen-bond donors (Lipinski definition) is 1. The molecule has 1 aromatic carbocycles. The first-order chi connectivity index (χ1) is 13.4. The van der Waals surface area contributed by atoms with Gasteiger partial charge in [-0.3, -0.25) is 4.68 Å². The van der Waals surface area contributed by atoms with Gasteiger partial charge in [-0.25, -0.2) is 13.9 Å². The third-order valence-electron chi connectivity index (χ3n) is 3.89. The van der Waals surface area contributed by atoms with E-state index >= 15 is 0 Å². The van der Waals surface area contributed by atoms with Crippen molar-refractivity contribution in [3.63, 3.8) is 0 Å². The minimum Gasteiger partial charge on any atom is -0.314 e. The van der Waals surface area contributed by atoms with Crippen LogP contribution in [0.5, 0.6) is 0 Å². The number of hydrogen-bond acceptors (Lipinski definition) is 4. The Hall–Kier alpha value is -3.06. The van der Waals surface area contributed by atoms with Gasteiger partial charge in [-0.2, -0.15) is 10.2 Å². The molecule has 0 atom stereocenters. The van der Waals surface area contributed by atoms with Crippen molar-refractivity contribution in [3.05, 3.63) is 60.4 Å². The van der Waals surface area contributed by atoms with Crippen LogP contribution in [0.3, 0.4) is 0 Å². The van der Waals surface area contributed by atoms with Crippen molar-refractivity contribution in [2.75, 3.05) is 7.05 Å². The Kier molecular flexibility index (Phi) is 3.01. The van der Waals surface area contributed by atoms with E-state index in [4.69, 9.17) is 4.11 Å². The van der Waals surface area contributed by atoms with Crippen molar-refractivity contribution in [2.24, 2.45) is 6.98 Å². The Bertz CT molecular complexity index is 1130.